The number of nitrogens with two attached hydrogens (primary N) is 1. The Morgan fingerprint density at radius 1 is 1.33 bits per heavy atom. The van der Waals surface area contributed by atoms with E-state index in [1.807, 2.05) is 6.92 Å². The van der Waals surface area contributed by atoms with Gasteiger partial charge < -0.3 is 11.1 Å². The Hall–Kier alpha value is -1.49. The van der Waals surface area contributed by atoms with Crippen molar-refractivity contribution in [1.29, 1.82) is 0 Å². The average molecular weight is 296 g/mol. The van der Waals surface area contributed by atoms with Crippen molar-refractivity contribution >= 4 is 5.91 Å². The Labute approximate surface area is 123 Å². The van der Waals surface area contributed by atoms with Crippen LogP contribution in [0.3, 0.4) is 0 Å². The molecule has 1 saturated carbocycles. The second kappa shape index (κ2) is 6.52. The highest BCUT2D eigenvalue weighted by atomic mass is 19.1. The molecule has 3 N–H and O–H groups in total. The highest BCUT2D eigenvalue weighted by molar-refractivity contribution is 5.80. The summed E-state index contributed by atoms with van der Waals surface area (Å²) >= 11 is 0. The van der Waals surface area contributed by atoms with Crippen LogP contribution in [-0.4, -0.2) is 18.0 Å². The molecule has 0 aliphatic heterocycles. The van der Waals surface area contributed by atoms with Crippen molar-refractivity contribution in [3.63, 3.8) is 0 Å². The number of nitrogens with one attached hydrogen (secondary N) is 1. The molecule has 116 valence electrons. The minimum absolute atomic E-state index is 0.0587. The second-order valence-corrected chi connectivity index (χ2v) is 6.12. The van der Waals surface area contributed by atoms with Crippen molar-refractivity contribution < 1.29 is 13.6 Å². The summed E-state index contributed by atoms with van der Waals surface area (Å²) < 4.78 is 26.1. The van der Waals surface area contributed by atoms with Crippen LogP contribution in [-0.2, 0) is 11.2 Å². The third-order valence-corrected chi connectivity index (χ3v) is 4.21. The van der Waals surface area contributed by atoms with Gasteiger partial charge in [-0.25, -0.2) is 8.78 Å². The molecule has 1 aromatic rings. The number of carbonyl (C=O) groups is 1. The minimum Gasteiger partial charge on any atom is -0.355 e. The maximum absolute atomic E-state index is 13.1. The number of halogens is 2. The van der Waals surface area contributed by atoms with Crippen LogP contribution in [0.15, 0.2) is 18.2 Å². The van der Waals surface area contributed by atoms with Gasteiger partial charge >= 0.3 is 0 Å². The van der Waals surface area contributed by atoms with Crippen molar-refractivity contribution in [3.05, 3.63) is 35.4 Å². The van der Waals surface area contributed by atoms with Gasteiger partial charge in [0.25, 0.3) is 0 Å². The fourth-order valence-corrected chi connectivity index (χ4v) is 3.00. The Bertz CT molecular complexity index is 497. The van der Waals surface area contributed by atoms with E-state index in [0.717, 1.165) is 31.7 Å². The molecule has 1 aliphatic carbocycles. The van der Waals surface area contributed by atoms with E-state index in [-0.39, 0.29) is 11.8 Å². The SMILES string of the molecule is CC1(N)CCCCC1C(=O)NCCc1cc(F)cc(F)c1. The summed E-state index contributed by atoms with van der Waals surface area (Å²) in [6.45, 7) is 2.27. The summed E-state index contributed by atoms with van der Waals surface area (Å²) in [6, 6.07) is 3.40. The molecule has 0 radical (unpaired) electrons. The first kappa shape index (κ1) is 15.9. The molecule has 2 unspecified atom stereocenters. The molecule has 0 heterocycles. The Morgan fingerprint density at radius 3 is 2.62 bits per heavy atom. The molecule has 0 aromatic heterocycles. The van der Waals surface area contributed by atoms with Gasteiger partial charge in [-0.2, -0.15) is 0 Å². The molecule has 2 rings (SSSR count). The predicted octanol–water partition coefficient (Wildman–Crippen LogP) is 2.53. The molecule has 0 bridgehead atoms. The largest absolute Gasteiger partial charge is 0.355 e. The quantitative estimate of drug-likeness (QED) is 0.897. The summed E-state index contributed by atoms with van der Waals surface area (Å²) in [6.07, 6.45) is 4.11. The normalized spacial score (nSPS) is 25.6. The van der Waals surface area contributed by atoms with Crippen molar-refractivity contribution in [2.45, 2.75) is 44.6 Å². The summed E-state index contributed by atoms with van der Waals surface area (Å²) in [4.78, 5) is 12.2. The number of benzene rings is 1. The fraction of sp³-hybridized carbons (Fsp3) is 0.562. The highest BCUT2D eigenvalue weighted by Gasteiger charge is 2.37. The van der Waals surface area contributed by atoms with Crippen molar-refractivity contribution in [2.24, 2.45) is 11.7 Å². The van der Waals surface area contributed by atoms with E-state index in [1.54, 1.807) is 0 Å². The van der Waals surface area contributed by atoms with E-state index in [1.165, 1.54) is 12.1 Å². The zero-order chi connectivity index (χ0) is 15.5. The summed E-state index contributed by atoms with van der Waals surface area (Å²) in [7, 11) is 0. The number of carbonyl (C=O) groups excluding carboxylic acids is 1. The Morgan fingerprint density at radius 2 is 2.00 bits per heavy atom. The molecule has 1 fully saturated rings. The van der Waals surface area contributed by atoms with E-state index in [9.17, 15) is 13.6 Å². The van der Waals surface area contributed by atoms with E-state index < -0.39 is 17.2 Å². The van der Waals surface area contributed by atoms with Gasteiger partial charge in [0.2, 0.25) is 5.91 Å². The van der Waals surface area contributed by atoms with Crippen LogP contribution < -0.4 is 11.1 Å². The smallest absolute Gasteiger partial charge is 0.224 e. The van der Waals surface area contributed by atoms with Crippen molar-refractivity contribution in [2.75, 3.05) is 6.54 Å². The van der Waals surface area contributed by atoms with Crippen LogP contribution in [0, 0.1) is 17.6 Å². The van der Waals surface area contributed by atoms with Crippen LogP contribution in [0.5, 0.6) is 0 Å². The van der Waals surface area contributed by atoms with Crippen LogP contribution in [0.1, 0.15) is 38.2 Å². The molecule has 0 saturated heterocycles. The van der Waals surface area contributed by atoms with E-state index >= 15 is 0 Å². The molecule has 2 atom stereocenters. The lowest BCUT2D eigenvalue weighted by Gasteiger charge is -2.37. The summed E-state index contributed by atoms with van der Waals surface area (Å²) in [5.41, 5.74) is 6.25. The molecule has 1 aliphatic rings. The van der Waals surface area contributed by atoms with Gasteiger partial charge in [0.15, 0.2) is 0 Å². The monoisotopic (exact) mass is 296 g/mol. The van der Waals surface area contributed by atoms with Gasteiger partial charge in [-0.1, -0.05) is 12.8 Å². The minimum atomic E-state index is -0.599. The highest BCUT2D eigenvalue weighted by Crippen LogP contribution is 2.31. The third-order valence-electron chi connectivity index (χ3n) is 4.21. The van der Waals surface area contributed by atoms with E-state index in [2.05, 4.69) is 5.32 Å². The number of rotatable bonds is 4. The van der Waals surface area contributed by atoms with E-state index in [0.29, 0.717) is 18.5 Å². The average Bonchev–Trinajstić information content (AvgIpc) is 2.36. The lowest BCUT2D eigenvalue weighted by molar-refractivity contribution is -0.128. The van der Waals surface area contributed by atoms with Gasteiger partial charge in [0, 0.05) is 18.2 Å². The first-order chi connectivity index (χ1) is 9.88. The number of hydrogen-bond acceptors (Lipinski definition) is 2. The third kappa shape index (κ3) is 4.24. The zero-order valence-electron chi connectivity index (χ0n) is 12.3. The van der Waals surface area contributed by atoms with Crippen molar-refractivity contribution in [1.82, 2.24) is 5.32 Å². The van der Waals surface area contributed by atoms with Gasteiger partial charge in [0.1, 0.15) is 11.6 Å². The molecule has 21 heavy (non-hydrogen) atoms. The molecule has 1 aromatic carbocycles. The topological polar surface area (TPSA) is 55.1 Å². The maximum Gasteiger partial charge on any atom is 0.224 e. The van der Waals surface area contributed by atoms with Gasteiger partial charge in [-0.3, -0.25) is 4.79 Å². The van der Waals surface area contributed by atoms with Gasteiger partial charge in [-0.15, -0.1) is 0 Å². The van der Waals surface area contributed by atoms with Crippen LogP contribution >= 0.6 is 0 Å². The lowest BCUT2D eigenvalue weighted by Crippen LogP contribution is -2.53. The molecule has 5 heteroatoms. The lowest BCUT2D eigenvalue weighted by atomic mass is 9.74. The fourth-order valence-electron chi connectivity index (χ4n) is 3.00. The standard InChI is InChI=1S/C16H22F2N2O/c1-16(19)6-3-2-4-14(16)15(21)20-7-5-11-8-12(17)10-13(18)9-11/h8-10,14H,2-7,19H2,1H3,(H,20,21). The first-order valence-electron chi connectivity index (χ1n) is 7.40. The molecule has 1 amide bonds. The first-order valence-corrected chi connectivity index (χ1v) is 7.40. The second-order valence-electron chi connectivity index (χ2n) is 6.12. The maximum atomic E-state index is 13.1. The molecule has 0 spiro atoms. The van der Waals surface area contributed by atoms with E-state index in [4.69, 9.17) is 5.73 Å². The number of hydrogen-bond donors (Lipinski definition) is 2. The van der Waals surface area contributed by atoms with Crippen LogP contribution in [0.2, 0.25) is 0 Å². The predicted molar refractivity (Wildman–Crippen MR) is 77.6 cm³/mol. The summed E-state index contributed by atoms with van der Waals surface area (Å²) in [5.74, 6) is -1.44. The van der Waals surface area contributed by atoms with Gasteiger partial charge in [-0.05, 0) is 43.9 Å². The molecular weight excluding hydrogens is 274 g/mol. The van der Waals surface area contributed by atoms with Crippen LogP contribution in [0.4, 0.5) is 8.78 Å². The Kier molecular flexibility index (Phi) is 4.93. The molecular formula is C16H22F2N2O. The zero-order valence-corrected chi connectivity index (χ0v) is 12.3. The van der Waals surface area contributed by atoms with Crippen LogP contribution in [0.25, 0.3) is 0 Å². The molecule has 3 nitrogen and oxygen atoms in total. The van der Waals surface area contributed by atoms with Gasteiger partial charge in [0.05, 0.1) is 5.92 Å². The summed E-state index contributed by atoms with van der Waals surface area (Å²) in [5, 5.41) is 2.83. The number of amides is 1. The Balaban J connectivity index is 1.86. The van der Waals surface area contributed by atoms with Crippen molar-refractivity contribution in [3.8, 4) is 0 Å².